The number of hydrogen-bond acceptors (Lipinski definition) is 4. The predicted octanol–water partition coefficient (Wildman–Crippen LogP) is 3.29. The number of imide groups is 2. The SMILES string of the molecule is O=C1c2ccccc2C(=O)N1c1ccc(N2C(=O)c3ccccc3C2=O)cc1. The summed E-state index contributed by atoms with van der Waals surface area (Å²) in [6.45, 7) is 0. The summed E-state index contributed by atoms with van der Waals surface area (Å²) in [5, 5.41) is 0. The van der Waals surface area contributed by atoms with Crippen LogP contribution in [0.25, 0.3) is 0 Å². The van der Waals surface area contributed by atoms with Crippen molar-refractivity contribution in [1.82, 2.24) is 0 Å². The maximum Gasteiger partial charge on any atom is 0.266 e. The van der Waals surface area contributed by atoms with Gasteiger partial charge in [0.2, 0.25) is 0 Å². The molecule has 0 unspecified atom stereocenters. The first-order chi connectivity index (χ1) is 13.6. The minimum Gasteiger partial charge on any atom is -0.268 e. The molecule has 0 spiro atoms. The van der Waals surface area contributed by atoms with E-state index >= 15 is 0 Å². The molecule has 5 rings (SSSR count). The van der Waals surface area contributed by atoms with E-state index in [0.717, 1.165) is 9.80 Å². The highest BCUT2D eigenvalue weighted by Crippen LogP contribution is 2.32. The van der Waals surface area contributed by atoms with Crippen LogP contribution in [0.2, 0.25) is 0 Å². The Labute approximate surface area is 159 Å². The highest BCUT2D eigenvalue weighted by molar-refractivity contribution is 6.35. The molecular weight excluding hydrogens is 356 g/mol. The number of carbonyl (C=O) groups is 4. The Hall–Kier alpha value is -4.06. The Bertz CT molecular complexity index is 1030. The second kappa shape index (κ2) is 5.72. The van der Waals surface area contributed by atoms with Gasteiger partial charge in [-0.3, -0.25) is 19.2 Å². The number of rotatable bonds is 2. The Morgan fingerprint density at radius 1 is 0.393 bits per heavy atom. The number of amides is 4. The van der Waals surface area contributed by atoms with Crippen molar-refractivity contribution in [3.8, 4) is 0 Å². The summed E-state index contributed by atoms with van der Waals surface area (Å²) in [6.07, 6.45) is 0. The monoisotopic (exact) mass is 368 g/mol. The lowest BCUT2D eigenvalue weighted by molar-refractivity contribution is 0.0909. The summed E-state index contributed by atoms with van der Waals surface area (Å²) in [6, 6.07) is 19.5. The van der Waals surface area contributed by atoms with Crippen LogP contribution in [0.3, 0.4) is 0 Å². The molecule has 0 radical (unpaired) electrons. The first-order valence-electron chi connectivity index (χ1n) is 8.63. The molecule has 0 fully saturated rings. The molecule has 6 heteroatoms. The topological polar surface area (TPSA) is 74.8 Å². The van der Waals surface area contributed by atoms with Gasteiger partial charge in [-0.1, -0.05) is 24.3 Å². The highest BCUT2D eigenvalue weighted by atomic mass is 16.2. The standard InChI is InChI=1S/C22H12N2O4/c25-19-15-5-1-2-6-16(15)20(26)23(19)13-9-11-14(12-10-13)24-21(27)17-7-3-4-8-18(17)22(24)28/h1-12H. The van der Waals surface area contributed by atoms with Crippen LogP contribution in [0.1, 0.15) is 41.4 Å². The van der Waals surface area contributed by atoms with Gasteiger partial charge in [0.1, 0.15) is 0 Å². The molecule has 0 aromatic heterocycles. The fraction of sp³-hybridized carbons (Fsp3) is 0. The Kier molecular flexibility index (Phi) is 3.30. The number of benzene rings is 3. The van der Waals surface area contributed by atoms with Gasteiger partial charge in [-0.05, 0) is 48.5 Å². The predicted molar refractivity (Wildman–Crippen MR) is 102 cm³/mol. The number of fused-ring (bicyclic) bond motifs is 2. The maximum absolute atomic E-state index is 12.6. The summed E-state index contributed by atoms with van der Waals surface area (Å²) in [7, 11) is 0. The van der Waals surface area contributed by atoms with Crippen molar-refractivity contribution < 1.29 is 19.2 Å². The van der Waals surface area contributed by atoms with Crippen LogP contribution < -0.4 is 9.80 Å². The summed E-state index contributed by atoms with van der Waals surface area (Å²) in [4.78, 5) is 52.5. The lowest BCUT2D eigenvalue weighted by Crippen LogP contribution is -2.30. The third kappa shape index (κ3) is 2.08. The van der Waals surface area contributed by atoms with E-state index in [9.17, 15) is 19.2 Å². The Balaban J connectivity index is 1.48. The minimum absolute atomic E-state index is 0.358. The molecule has 4 amide bonds. The van der Waals surface area contributed by atoms with Crippen LogP contribution in [0.15, 0.2) is 72.8 Å². The van der Waals surface area contributed by atoms with Gasteiger partial charge in [0.05, 0.1) is 33.6 Å². The molecule has 6 nitrogen and oxygen atoms in total. The van der Waals surface area contributed by atoms with E-state index in [2.05, 4.69) is 0 Å². The van der Waals surface area contributed by atoms with Crippen molar-refractivity contribution in [1.29, 1.82) is 0 Å². The molecule has 0 aliphatic carbocycles. The van der Waals surface area contributed by atoms with Gasteiger partial charge in [-0.2, -0.15) is 0 Å². The van der Waals surface area contributed by atoms with E-state index in [0.29, 0.717) is 33.6 Å². The summed E-state index contributed by atoms with van der Waals surface area (Å²) < 4.78 is 0. The zero-order valence-electron chi connectivity index (χ0n) is 14.5. The van der Waals surface area contributed by atoms with E-state index in [1.54, 1.807) is 72.8 Å². The van der Waals surface area contributed by atoms with Gasteiger partial charge in [-0.25, -0.2) is 9.80 Å². The molecule has 0 N–H and O–H groups in total. The quantitative estimate of drug-likeness (QED) is 0.651. The molecule has 0 atom stereocenters. The van der Waals surface area contributed by atoms with E-state index in [1.807, 2.05) is 0 Å². The van der Waals surface area contributed by atoms with Crippen molar-refractivity contribution in [2.24, 2.45) is 0 Å². The molecule has 28 heavy (non-hydrogen) atoms. The van der Waals surface area contributed by atoms with Crippen LogP contribution >= 0.6 is 0 Å². The molecule has 0 saturated heterocycles. The first kappa shape index (κ1) is 16.1. The van der Waals surface area contributed by atoms with Crippen LogP contribution in [0.4, 0.5) is 11.4 Å². The molecule has 0 saturated carbocycles. The number of hydrogen-bond donors (Lipinski definition) is 0. The average Bonchev–Trinajstić information content (AvgIpc) is 3.14. The number of nitrogens with zero attached hydrogens (tertiary/aromatic N) is 2. The average molecular weight is 368 g/mol. The number of carbonyl (C=O) groups excluding carboxylic acids is 4. The van der Waals surface area contributed by atoms with E-state index in [-0.39, 0.29) is 0 Å². The van der Waals surface area contributed by atoms with E-state index in [1.165, 1.54) is 0 Å². The van der Waals surface area contributed by atoms with Gasteiger partial charge < -0.3 is 0 Å². The lowest BCUT2D eigenvalue weighted by Gasteiger charge is -2.17. The molecular formula is C22H12N2O4. The molecule has 134 valence electrons. The van der Waals surface area contributed by atoms with Gasteiger partial charge in [0.25, 0.3) is 23.6 Å². The summed E-state index contributed by atoms with van der Waals surface area (Å²) >= 11 is 0. The fourth-order valence-corrected chi connectivity index (χ4v) is 3.60. The van der Waals surface area contributed by atoms with Gasteiger partial charge in [0, 0.05) is 0 Å². The Morgan fingerprint density at radius 2 is 0.643 bits per heavy atom. The molecule has 2 heterocycles. The van der Waals surface area contributed by atoms with Crippen molar-refractivity contribution in [3.05, 3.63) is 95.1 Å². The Morgan fingerprint density at radius 3 is 0.893 bits per heavy atom. The van der Waals surface area contributed by atoms with Crippen molar-refractivity contribution >= 4 is 35.0 Å². The normalized spacial score (nSPS) is 15.3. The zero-order chi connectivity index (χ0) is 19.4. The number of anilines is 2. The zero-order valence-corrected chi connectivity index (χ0v) is 14.5. The molecule has 2 aliphatic rings. The maximum atomic E-state index is 12.6. The second-order valence-corrected chi connectivity index (χ2v) is 6.50. The van der Waals surface area contributed by atoms with Gasteiger partial charge in [0.15, 0.2) is 0 Å². The van der Waals surface area contributed by atoms with Crippen LogP contribution in [0, 0.1) is 0 Å². The van der Waals surface area contributed by atoms with Crippen molar-refractivity contribution in [3.63, 3.8) is 0 Å². The molecule has 3 aromatic carbocycles. The molecule has 2 aliphatic heterocycles. The highest BCUT2D eigenvalue weighted by Gasteiger charge is 2.38. The summed E-state index contributed by atoms with van der Waals surface area (Å²) in [5.41, 5.74) is 2.20. The second-order valence-electron chi connectivity index (χ2n) is 6.50. The third-order valence-corrected chi connectivity index (χ3v) is 4.95. The molecule has 3 aromatic rings. The van der Waals surface area contributed by atoms with Crippen molar-refractivity contribution in [2.45, 2.75) is 0 Å². The minimum atomic E-state index is -0.394. The van der Waals surface area contributed by atoms with Crippen LogP contribution in [-0.4, -0.2) is 23.6 Å². The third-order valence-electron chi connectivity index (χ3n) is 4.95. The van der Waals surface area contributed by atoms with Crippen LogP contribution in [0.5, 0.6) is 0 Å². The largest absolute Gasteiger partial charge is 0.268 e. The molecule has 0 bridgehead atoms. The van der Waals surface area contributed by atoms with E-state index in [4.69, 9.17) is 0 Å². The smallest absolute Gasteiger partial charge is 0.266 e. The fourth-order valence-electron chi connectivity index (χ4n) is 3.60. The van der Waals surface area contributed by atoms with Crippen molar-refractivity contribution in [2.75, 3.05) is 9.80 Å². The van der Waals surface area contributed by atoms with Gasteiger partial charge in [-0.15, -0.1) is 0 Å². The summed E-state index contributed by atoms with van der Waals surface area (Å²) in [5.74, 6) is -1.58. The van der Waals surface area contributed by atoms with Crippen LogP contribution in [-0.2, 0) is 0 Å². The first-order valence-corrected chi connectivity index (χ1v) is 8.63. The van der Waals surface area contributed by atoms with Gasteiger partial charge >= 0.3 is 0 Å². The van der Waals surface area contributed by atoms with E-state index < -0.39 is 23.6 Å². The lowest BCUT2D eigenvalue weighted by atomic mass is 10.1.